The Morgan fingerprint density at radius 2 is 1.72 bits per heavy atom. The lowest BCUT2D eigenvalue weighted by Crippen LogP contribution is -2.43. The highest BCUT2D eigenvalue weighted by Gasteiger charge is 2.46. The molecular weight excluding hydrogens is 410 g/mol. The Kier molecular flexibility index (Phi) is 6.08. The Hall–Kier alpha value is -1.90. The maximum absolute atomic E-state index is 13.4. The van der Waals surface area contributed by atoms with E-state index in [2.05, 4.69) is 5.32 Å². The zero-order valence-corrected chi connectivity index (χ0v) is 18.7. The van der Waals surface area contributed by atoms with Crippen molar-refractivity contribution in [2.75, 3.05) is 18.6 Å². The Balaban J connectivity index is 1.94. The van der Waals surface area contributed by atoms with Crippen molar-refractivity contribution in [3.8, 4) is 5.75 Å². The molecule has 0 spiro atoms. The number of hydrogen-bond acceptors (Lipinski definition) is 6. The van der Waals surface area contributed by atoms with Crippen LogP contribution < -0.4 is 10.1 Å². The monoisotopic (exact) mass is 437 g/mol. The zero-order chi connectivity index (χ0) is 21.4. The fourth-order valence-corrected chi connectivity index (χ4v) is 8.84. The van der Waals surface area contributed by atoms with E-state index in [0.29, 0.717) is 23.4 Å². The largest absolute Gasteiger partial charge is 0.496 e. The van der Waals surface area contributed by atoms with Crippen LogP contribution in [-0.2, 0) is 26.2 Å². The van der Waals surface area contributed by atoms with Crippen LogP contribution >= 0.6 is 0 Å². The number of nitrogens with one attached hydrogen (secondary N) is 1. The number of methoxy groups -OCH3 is 1. The Morgan fingerprint density at radius 3 is 2.38 bits per heavy atom. The molecule has 1 fully saturated rings. The molecule has 1 saturated heterocycles. The van der Waals surface area contributed by atoms with Gasteiger partial charge >= 0.3 is 0 Å². The molecular formula is C21H27NO5S2. The Bertz CT molecular complexity index is 1120. The van der Waals surface area contributed by atoms with Crippen molar-refractivity contribution in [3.05, 3.63) is 58.7 Å². The first-order valence-corrected chi connectivity index (χ1v) is 12.8. The average molecular weight is 438 g/mol. The van der Waals surface area contributed by atoms with Gasteiger partial charge in [0, 0.05) is 12.6 Å². The highest BCUT2D eigenvalue weighted by Crippen LogP contribution is 2.32. The van der Waals surface area contributed by atoms with Crippen molar-refractivity contribution >= 4 is 19.7 Å². The second-order valence-electron chi connectivity index (χ2n) is 7.66. The molecule has 8 heteroatoms. The van der Waals surface area contributed by atoms with Gasteiger partial charge in [0.25, 0.3) is 0 Å². The summed E-state index contributed by atoms with van der Waals surface area (Å²) in [4.78, 5) is 0.167. The lowest BCUT2D eigenvalue weighted by molar-refractivity contribution is 0.411. The van der Waals surface area contributed by atoms with E-state index in [1.165, 1.54) is 7.11 Å². The second kappa shape index (κ2) is 8.08. The number of sulfone groups is 2. The highest BCUT2D eigenvalue weighted by molar-refractivity contribution is 7.96. The smallest absolute Gasteiger partial charge is 0.184 e. The molecule has 1 heterocycles. The first-order valence-electron chi connectivity index (χ1n) is 9.42. The van der Waals surface area contributed by atoms with Gasteiger partial charge in [-0.05, 0) is 55.2 Å². The number of aryl methyl sites for hydroxylation is 3. The minimum Gasteiger partial charge on any atom is -0.496 e. The van der Waals surface area contributed by atoms with Crippen molar-refractivity contribution in [3.63, 3.8) is 0 Å². The molecule has 0 saturated carbocycles. The van der Waals surface area contributed by atoms with Crippen LogP contribution in [0.5, 0.6) is 5.75 Å². The normalized spacial score (nSPS) is 21.2. The van der Waals surface area contributed by atoms with E-state index < -0.39 is 31.0 Å². The topological polar surface area (TPSA) is 89.5 Å². The molecule has 0 amide bonds. The van der Waals surface area contributed by atoms with Crippen molar-refractivity contribution in [2.24, 2.45) is 0 Å². The minimum absolute atomic E-state index is 0.167. The molecule has 1 aliphatic rings. The molecule has 2 aromatic rings. The van der Waals surface area contributed by atoms with E-state index in [9.17, 15) is 16.8 Å². The van der Waals surface area contributed by atoms with Gasteiger partial charge in [-0.15, -0.1) is 0 Å². The van der Waals surface area contributed by atoms with Crippen LogP contribution in [0.2, 0.25) is 0 Å². The van der Waals surface area contributed by atoms with Gasteiger partial charge in [0.1, 0.15) is 5.75 Å². The molecule has 0 unspecified atom stereocenters. The summed E-state index contributed by atoms with van der Waals surface area (Å²) in [6, 6.07) is 10.4. The molecule has 0 aliphatic carbocycles. The Morgan fingerprint density at radius 1 is 1.03 bits per heavy atom. The number of benzene rings is 2. The maximum Gasteiger partial charge on any atom is 0.184 e. The van der Waals surface area contributed by atoms with Gasteiger partial charge in [-0.2, -0.15) is 0 Å². The third kappa shape index (κ3) is 4.49. The number of rotatable bonds is 6. The first kappa shape index (κ1) is 21.8. The van der Waals surface area contributed by atoms with Gasteiger partial charge in [-0.3, -0.25) is 0 Å². The lowest BCUT2D eigenvalue weighted by atomic mass is 10.1. The van der Waals surface area contributed by atoms with Gasteiger partial charge in [-0.1, -0.05) is 24.3 Å². The second-order valence-corrected chi connectivity index (χ2v) is 12.0. The summed E-state index contributed by atoms with van der Waals surface area (Å²) < 4.78 is 56.8. The van der Waals surface area contributed by atoms with Crippen LogP contribution in [0.1, 0.15) is 22.3 Å². The van der Waals surface area contributed by atoms with Gasteiger partial charge < -0.3 is 10.1 Å². The first-order chi connectivity index (χ1) is 13.5. The summed E-state index contributed by atoms with van der Waals surface area (Å²) in [7, 11) is -5.77. The molecule has 2 aromatic carbocycles. The van der Waals surface area contributed by atoms with Crippen LogP contribution in [0.4, 0.5) is 0 Å². The fourth-order valence-electron chi connectivity index (χ4n) is 3.81. The van der Waals surface area contributed by atoms with Crippen molar-refractivity contribution < 1.29 is 21.6 Å². The standard InChI is InChI=1S/C21H27NO5S2/c1-14-7-5-6-8-17(14)11-22-18-12-28(23,24)13-21(18)29(25,26)20-10-15(2)19(27-4)9-16(20)3/h5-10,18,21-22H,11-13H2,1-4H3/t18-,21-/m0/s1. The third-order valence-electron chi connectivity index (χ3n) is 5.51. The summed E-state index contributed by atoms with van der Waals surface area (Å²) in [5.41, 5.74) is 3.34. The molecule has 1 N–H and O–H groups in total. The summed E-state index contributed by atoms with van der Waals surface area (Å²) in [5.74, 6) is 0.0529. The number of hydrogen-bond donors (Lipinski definition) is 1. The summed E-state index contributed by atoms with van der Waals surface area (Å²) in [6.07, 6.45) is 0. The summed E-state index contributed by atoms with van der Waals surface area (Å²) in [6.45, 7) is 5.87. The minimum atomic E-state index is -3.85. The van der Waals surface area contributed by atoms with Crippen LogP contribution in [0.3, 0.4) is 0 Å². The third-order valence-corrected chi connectivity index (χ3v) is 9.80. The van der Waals surface area contributed by atoms with Crippen LogP contribution in [0.15, 0.2) is 41.3 Å². The molecule has 158 valence electrons. The van der Waals surface area contributed by atoms with E-state index in [-0.39, 0.29) is 16.4 Å². The molecule has 1 aliphatic heterocycles. The Labute approximate surface area is 173 Å². The highest BCUT2D eigenvalue weighted by atomic mass is 32.2. The lowest BCUT2D eigenvalue weighted by Gasteiger charge is -2.22. The molecule has 2 atom stereocenters. The van der Waals surface area contributed by atoms with Crippen molar-refractivity contribution in [2.45, 2.75) is 43.5 Å². The quantitative estimate of drug-likeness (QED) is 0.746. The van der Waals surface area contributed by atoms with Gasteiger partial charge in [-0.25, -0.2) is 16.8 Å². The molecule has 0 aromatic heterocycles. The zero-order valence-electron chi connectivity index (χ0n) is 17.1. The van der Waals surface area contributed by atoms with E-state index in [0.717, 1.165) is 11.1 Å². The van der Waals surface area contributed by atoms with E-state index in [1.807, 2.05) is 31.2 Å². The average Bonchev–Trinajstić information content (AvgIpc) is 2.98. The molecule has 0 bridgehead atoms. The molecule has 6 nitrogen and oxygen atoms in total. The predicted molar refractivity (Wildman–Crippen MR) is 114 cm³/mol. The number of ether oxygens (including phenoxy) is 1. The van der Waals surface area contributed by atoms with Gasteiger partial charge in [0.15, 0.2) is 19.7 Å². The van der Waals surface area contributed by atoms with E-state index >= 15 is 0 Å². The van der Waals surface area contributed by atoms with E-state index in [4.69, 9.17) is 4.74 Å². The van der Waals surface area contributed by atoms with E-state index in [1.54, 1.807) is 26.0 Å². The van der Waals surface area contributed by atoms with Crippen LogP contribution in [-0.4, -0.2) is 46.7 Å². The van der Waals surface area contributed by atoms with Crippen molar-refractivity contribution in [1.82, 2.24) is 5.32 Å². The molecule has 3 rings (SSSR count). The van der Waals surface area contributed by atoms with Gasteiger partial charge in [0.2, 0.25) is 0 Å². The van der Waals surface area contributed by atoms with Gasteiger partial charge in [0.05, 0.1) is 28.8 Å². The molecule has 0 radical (unpaired) electrons. The molecule has 29 heavy (non-hydrogen) atoms. The predicted octanol–water partition coefficient (Wildman–Crippen LogP) is 2.35. The summed E-state index contributed by atoms with van der Waals surface area (Å²) in [5, 5.41) is 2.17. The SMILES string of the molecule is COc1cc(C)c(S(=O)(=O)[C@H]2CS(=O)(=O)C[C@@H]2NCc2ccccc2C)cc1C. The summed E-state index contributed by atoms with van der Waals surface area (Å²) >= 11 is 0. The van der Waals surface area contributed by atoms with Crippen LogP contribution in [0.25, 0.3) is 0 Å². The van der Waals surface area contributed by atoms with Crippen LogP contribution in [0, 0.1) is 20.8 Å². The maximum atomic E-state index is 13.4. The fraction of sp³-hybridized carbons (Fsp3) is 0.429. The van der Waals surface area contributed by atoms with Crippen molar-refractivity contribution in [1.29, 1.82) is 0 Å².